The molecule has 0 unspecified atom stereocenters. The van der Waals surface area contributed by atoms with Crippen LogP contribution in [0.1, 0.15) is 12.6 Å². The minimum absolute atomic E-state index is 0.557. The van der Waals surface area contributed by atoms with Crippen molar-refractivity contribution in [2.24, 2.45) is 0 Å². The monoisotopic (exact) mass is 309 g/mol. The van der Waals surface area contributed by atoms with Crippen LogP contribution in [0.25, 0.3) is 16.9 Å². The zero-order valence-corrected chi connectivity index (χ0v) is 13.5. The van der Waals surface area contributed by atoms with Gasteiger partial charge in [0.15, 0.2) is 5.82 Å². The SMILES string of the molecule is CCOc1nn(-c2ccccn2)c(C)c1-c1ccc(OC)cc1. The molecule has 0 saturated carbocycles. The van der Waals surface area contributed by atoms with Gasteiger partial charge in [-0.3, -0.25) is 0 Å². The number of nitrogens with zero attached hydrogens (tertiary/aromatic N) is 3. The summed E-state index contributed by atoms with van der Waals surface area (Å²) >= 11 is 0. The number of aromatic nitrogens is 3. The van der Waals surface area contributed by atoms with E-state index < -0.39 is 0 Å². The van der Waals surface area contributed by atoms with Gasteiger partial charge in [-0.1, -0.05) is 18.2 Å². The Bertz CT molecular complexity index is 780. The summed E-state index contributed by atoms with van der Waals surface area (Å²) in [6.45, 7) is 4.53. The molecule has 0 radical (unpaired) electrons. The minimum atomic E-state index is 0.557. The molecule has 5 heteroatoms. The third-order valence-electron chi connectivity index (χ3n) is 3.61. The predicted octanol–water partition coefficient (Wildman–Crippen LogP) is 3.65. The first-order chi connectivity index (χ1) is 11.2. The number of hydrogen-bond donors (Lipinski definition) is 0. The molecule has 0 aliphatic heterocycles. The maximum atomic E-state index is 5.74. The molecule has 0 aliphatic carbocycles. The highest BCUT2D eigenvalue weighted by atomic mass is 16.5. The summed E-state index contributed by atoms with van der Waals surface area (Å²) in [6.07, 6.45) is 1.75. The minimum Gasteiger partial charge on any atom is -0.497 e. The number of rotatable bonds is 5. The third kappa shape index (κ3) is 2.90. The van der Waals surface area contributed by atoms with Gasteiger partial charge < -0.3 is 9.47 Å². The highest BCUT2D eigenvalue weighted by Gasteiger charge is 2.19. The zero-order chi connectivity index (χ0) is 16.2. The fourth-order valence-corrected chi connectivity index (χ4v) is 2.51. The number of hydrogen-bond acceptors (Lipinski definition) is 4. The van der Waals surface area contributed by atoms with E-state index in [-0.39, 0.29) is 0 Å². The lowest BCUT2D eigenvalue weighted by atomic mass is 10.1. The van der Waals surface area contributed by atoms with E-state index in [1.54, 1.807) is 13.3 Å². The van der Waals surface area contributed by atoms with Crippen LogP contribution >= 0.6 is 0 Å². The highest BCUT2D eigenvalue weighted by molar-refractivity contribution is 5.72. The second kappa shape index (κ2) is 6.52. The fraction of sp³-hybridized carbons (Fsp3) is 0.222. The summed E-state index contributed by atoms with van der Waals surface area (Å²) in [7, 11) is 1.66. The lowest BCUT2D eigenvalue weighted by Crippen LogP contribution is -2.01. The summed E-state index contributed by atoms with van der Waals surface area (Å²) in [4.78, 5) is 4.37. The summed E-state index contributed by atoms with van der Waals surface area (Å²) in [5, 5.41) is 4.59. The van der Waals surface area contributed by atoms with Gasteiger partial charge in [0.2, 0.25) is 5.88 Å². The van der Waals surface area contributed by atoms with Crippen molar-refractivity contribution in [3.63, 3.8) is 0 Å². The zero-order valence-electron chi connectivity index (χ0n) is 13.5. The molecule has 0 atom stereocenters. The fourth-order valence-electron chi connectivity index (χ4n) is 2.51. The first kappa shape index (κ1) is 15.1. The molecule has 3 rings (SSSR count). The van der Waals surface area contributed by atoms with Crippen molar-refractivity contribution >= 4 is 0 Å². The molecule has 23 heavy (non-hydrogen) atoms. The molecule has 0 N–H and O–H groups in total. The van der Waals surface area contributed by atoms with Crippen LogP contribution in [0.15, 0.2) is 48.7 Å². The molecule has 118 valence electrons. The lowest BCUT2D eigenvalue weighted by molar-refractivity contribution is 0.325. The van der Waals surface area contributed by atoms with Gasteiger partial charge in [0.1, 0.15) is 5.75 Å². The first-order valence-corrected chi connectivity index (χ1v) is 7.52. The van der Waals surface area contributed by atoms with Gasteiger partial charge in [0.05, 0.1) is 25.0 Å². The standard InChI is InChI=1S/C18H19N3O2/c1-4-23-18-17(14-8-10-15(22-3)11-9-14)13(2)21(20-18)16-7-5-6-12-19-16/h5-12H,4H2,1-3H3. The van der Waals surface area contributed by atoms with Crippen molar-refractivity contribution in [3.05, 3.63) is 54.4 Å². The Hall–Kier alpha value is -2.82. The largest absolute Gasteiger partial charge is 0.497 e. The van der Waals surface area contributed by atoms with Gasteiger partial charge in [-0.05, 0) is 43.7 Å². The van der Waals surface area contributed by atoms with Crippen LogP contribution in [-0.2, 0) is 0 Å². The maximum absolute atomic E-state index is 5.74. The second-order valence-corrected chi connectivity index (χ2v) is 5.03. The number of pyridine rings is 1. The number of benzene rings is 1. The Morgan fingerprint density at radius 2 is 1.87 bits per heavy atom. The summed E-state index contributed by atoms with van der Waals surface area (Å²) in [5.74, 6) is 2.20. The Morgan fingerprint density at radius 1 is 1.09 bits per heavy atom. The topological polar surface area (TPSA) is 49.2 Å². The van der Waals surface area contributed by atoms with E-state index in [9.17, 15) is 0 Å². The molecule has 2 heterocycles. The van der Waals surface area contributed by atoms with Gasteiger partial charge >= 0.3 is 0 Å². The smallest absolute Gasteiger partial charge is 0.241 e. The number of ether oxygens (including phenoxy) is 2. The van der Waals surface area contributed by atoms with Gasteiger partial charge in [-0.25, -0.2) is 9.67 Å². The molecule has 5 nitrogen and oxygen atoms in total. The molecular formula is C18H19N3O2. The molecule has 1 aromatic carbocycles. The predicted molar refractivity (Wildman–Crippen MR) is 89.3 cm³/mol. The van der Waals surface area contributed by atoms with E-state index in [1.165, 1.54) is 0 Å². The summed E-state index contributed by atoms with van der Waals surface area (Å²) in [5.41, 5.74) is 2.99. The Labute approximate surface area is 135 Å². The van der Waals surface area contributed by atoms with E-state index in [0.717, 1.165) is 28.4 Å². The van der Waals surface area contributed by atoms with Crippen molar-refractivity contribution < 1.29 is 9.47 Å². The normalized spacial score (nSPS) is 10.6. The molecule has 0 aliphatic rings. The van der Waals surface area contributed by atoms with Crippen LogP contribution in [0, 0.1) is 6.92 Å². The highest BCUT2D eigenvalue weighted by Crippen LogP contribution is 2.34. The molecule has 0 fully saturated rings. The van der Waals surface area contributed by atoms with Crippen LogP contribution < -0.4 is 9.47 Å². The van der Waals surface area contributed by atoms with Crippen molar-refractivity contribution in [1.82, 2.24) is 14.8 Å². The van der Waals surface area contributed by atoms with Crippen LogP contribution in [0.3, 0.4) is 0 Å². The molecular weight excluding hydrogens is 290 g/mol. The van der Waals surface area contributed by atoms with Crippen LogP contribution in [-0.4, -0.2) is 28.5 Å². The summed E-state index contributed by atoms with van der Waals surface area (Å²) < 4.78 is 12.8. The Balaban J connectivity index is 2.12. The first-order valence-electron chi connectivity index (χ1n) is 7.52. The van der Waals surface area contributed by atoms with E-state index in [0.29, 0.717) is 12.5 Å². The lowest BCUT2D eigenvalue weighted by Gasteiger charge is -2.06. The van der Waals surface area contributed by atoms with Gasteiger partial charge in [-0.15, -0.1) is 5.10 Å². The van der Waals surface area contributed by atoms with E-state index >= 15 is 0 Å². The van der Waals surface area contributed by atoms with Crippen molar-refractivity contribution in [1.29, 1.82) is 0 Å². The van der Waals surface area contributed by atoms with Crippen molar-refractivity contribution in [2.75, 3.05) is 13.7 Å². The van der Waals surface area contributed by atoms with Crippen molar-refractivity contribution in [3.8, 4) is 28.6 Å². The Kier molecular flexibility index (Phi) is 4.28. The van der Waals surface area contributed by atoms with Gasteiger partial charge in [0, 0.05) is 6.20 Å². The molecule has 0 saturated heterocycles. The number of methoxy groups -OCH3 is 1. The van der Waals surface area contributed by atoms with E-state index in [2.05, 4.69) is 10.1 Å². The summed E-state index contributed by atoms with van der Waals surface area (Å²) in [6, 6.07) is 13.6. The molecule has 0 spiro atoms. The maximum Gasteiger partial charge on any atom is 0.241 e. The van der Waals surface area contributed by atoms with Crippen LogP contribution in [0.2, 0.25) is 0 Å². The molecule has 0 amide bonds. The van der Waals surface area contributed by atoms with Crippen molar-refractivity contribution in [2.45, 2.75) is 13.8 Å². The van der Waals surface area contributed by atoms with Gasteiger partial charge in [-0.2, -0.15) is 0 Å². The van der Waals surface area contributed by atoms with Crippen LogP contribution in [0.5, 0.6) is 11.6 Å². The molecule has 2 aromatic heterocycles. The van der Waals surface area contributed by atoms with Gasteiger partial charge in [0.25, 0.3) is 0 Å². The quantitative estimate of drug-likeness (QED) is 0.722. The molecule has 3 aromatic rings. The van der Waals surface area contributed by atoms with Crippen LogP contribution in [0.4, 0.5) is 0 Å². The Morgan fingerprint density at radius 3 is 2.48 bits per heavy atom. The average molecular weight is 309 g/mol. The third-order valence-corrected chi connectivity index (χ3v) is 3.61. The molecule has 0 bridgehead atoms. The average Bonchev–Trinajstić information content (AvgIpc) is 2.92. The second-order valence-electron chi connectivity index (χ2n) is 5.03. The van der Waals surface area contributed by atoms with E-state index in [1.807, 2.05) is 61.0 Å². The van der Waals surface area contributed by atoms with E-state index in [4.69, 9.17) is 9.47 Å².